The van der Waals surface area contributed by atoms with Gasteiger partial charge in [0.05, 0.1) is 12.1 Å². The molecule has 1 aromatic rings. The van der Waals surface area contributed by atoms with Gasteiger partial charge in [-0.1, -0.05) is 6.92 Å². The molecule has 2 atom stereocenters. The van der Waals surface area contributed by atoms with Gasteiger partial charge in [-0.3, -0.25) is 9.80 Å². The summed E-state index contributed by atoms with van der Waals surface area (Å²) >= 11 is 0. The Hall–Kier alpha value is -1.81. The number of piperidine rings is 1. The summed E-state index contributed by atoms with van der Waals surface area (Å²) in [7, 11) is 0. The van der Waals surface area contributed by atoms with Gasteiger partial charge in [0.2, 0.25) is 0 Å². The largest absolute Gasteiger partial charge is 0.438 e. The molecule has 10 heteroatoms. The average molecular weight is 495 g/mol. The van der Waals surface area contributed by atoms with Gasteiger partial charge >= 0.3 is 6.09 Å². The highest BCUT2D eigenvalue weighted by Crippen LogP contribution is 2.40. The highest BCUT2D eigenvalue weighted by molar-refractivity contribution is 5.68. The van der Waals surface area contributed by atoms with E-state index in [0.29, 0.717) is 50.9 Å². The summed E-state index contributed by atoms with van der Waals surface area (Å²) in [6.07, 6.45) is 4.38. The number of piperazine rings is 1. The van der Waals surface area contributed by atoms with E-state index >= 15 is 8.78 Å². The lowest BCUT2D eigenvalue weighted by molar-refractivity contribution is -0.170. The normalized spacial score (nSPS) is 29.9. The van der Waals surface area contributed by atoms with Crippen molar-refractivity contribution in [2.75, 3.05) is 39.3 Å². The zero-order chi connectivity index (χ0) is 24.8. The van der Waals surface area contributed by atoms with Crippen molar-refractivity contribution < 1.29 is 18.3 Å². The standard InChI is InChI=1S/C25H40F2N6O2/c1-18(2)30-13-15-31(16-14-30)20-5-4-8-25(26,27)21(20)35-23(34)32-11-9-24(3,10-12-32)22-28-17-33(29-22)19-6-7-19/h17-21H,4-16H2,1-3H3. The fourth-order valence-corrected chi connectivity index (χ4v) is 5.90. The number of hydrogen-bond acceptors (Lipinski definition) is 6. The lowest BCUT2D eigenvalue weighted by Crippen LogP contribution is -2.61. The second-order valence-corrected chi connectivity index (χ2v) is 11.5. The molecule has 4 aliphatic rings. The molecule has 1 aromatic heterocycles. The van der Waals surface area contributed by atoms with Crippen LogP contribution in [0.25, 0.3) is 0 Å². The van der Waals surface area contributed by atoms with E-state index in [1.54, 1.807) is 4.90 Å². The van der Waals surface area contributed by atoms with Crippen LogP contribution in [-0.4, -0.2) is 98.9 Å². The molecule has 1 amide bonds. The first-order chi connectivity index (χ1) is 16.7. The van der Waals surface area contributed by atoms with Gasteiger partial charge in [0.15, 0.2) is 11.9 Å². The summed E-state index contributed by atoms with van der Waals surface area (Å²) in [5.74, 6) is -2.19. The van der Waals surface area contributed by atoms with Crippen molar-refractivity contribution in [1.82, 2.24) is 29.5 Å². The first kappa shape index (κ1) is 24.9. The number of nitrogens with zero attached hydrogens (tertiary/aromatic N) is 6. The van der Waals surface area contributed by atoms with Crippen LogP contribution in [0.15, 0.2) is 6.33 Å². The molecular weight excluding hydrogens is 454 g/mol. The molecular formula is C25H40F2N6O2. The molecule has 35 heavy (non-hydrogen) atoms. The number of likely N-dealkylation sites (tertiary alicyclic amines) is 1. The van der Waals surface area contributed by atoms with E-state index in [9.17, 15) is 4.79 Å². The van der Waals surface area contributed by atoms with Crippen LogP contribution < -0.4 is 0 Å². The van der Waals surface area contributed by atoms with Crippen LogP contribution >= 0.6 is 0 Å². The van der Waals surface area contributed by atoms with Gasteiger partial charge in [-0.2, -0.15) is 5.10 Å². The smallest absolute Gasteiger partial charge is 0.410 e. The summed E-state index contributed by atoms with van der Waals surface area (Å²) in [6, 6.07) is 0.497. The van der Waals surface area contributed by atoms with Crippen LogP contribution in [0.5, 0.6) is 0 Å². The second-order valence-electron chi connectivity index (χ2n) is 11.5. The van der Waals surface area contributed by atoms with Gasteiger partial charge in [-0.25, -0.2) is 23.2 Å². The lowest BCUT2D eigenvalue weighted by atomic mass is 9.80. The lowest BCUT2D eigenvalue weighted by Gasteiger charge is -2.47. The summed E-state index contributed by atoms with van der Waals surface area (Å²) in [6.45, 7) is 10.5. The Bertz CT molecular complexity index is 888. The minimum Gasteiger partial charge on any atom is -0.438 e. The van der Waals surface area contributed by atoms with Gasteiger partial charge < -0.3 is 9.64 Å². The molecule has 0 aromatic carbocycles. The topological polar surface area (TPSA) is 66.7 Å². The predicted molar refractivity (Wildman–Crippen MR) is 128 cm³/mol. The number of alkyl halides is 2. The fraction of sp³-hybridized carbons (Fsp3) is 0.880. The Balaban J connectivity index is 1.20. The van der Waals surface area contributed by atoms with Crippen LogP contribution in [0.2, 0.25) is 0 Å². The van der Waals surface area contributed by atoms with Crippen molar-refractivity contribution in [3.05, 3.63) is 12.2 Å². The molecule has 2 aliphatic carbocycles. The monoisotopic (exact) mass is 494 g/mol. The number of carbonyl (C=O) groups is 1. The fourth-order valence-electron chi connectivity index (χ4n) is 5.90. The minimum absolute atomic E-state index is 0.218. The van der Waals surface area contributed by atoms with Gasteiger partial charge in [0.25, 0.3) is 5.92 Å². The third-order valence-electron chi connectivity index (χ3n) is 8.65. The molecule has 2 saturated carbocycles. The number of aromatic nitrogens is 3. The highest BCUT2D eigenvalue weighted by atomic mass is 19.3. The van der Waals surface area contributed by atoms with E-state index in [0.717, 1.165) is 44.8 Å². The summed E-state index contributed by atoms with van der Waals surface area (Å²) < 4.78 is 37.7. The number of ether oxygens (including phenoxy) is 1. The number of carbonyl (C=O) groups excluding carboxylic acids is 1. The molecule has 2 aliphatic heterocycles. The van der Waals surface area contributed by atoms with Crippen molar-refractivity contribution in [1.29, 1.82) is 0 Å². The Morgan fingerprint density at radius 3 is 2.37 bits per heavy atom. The third-order valence-corrected chi connectivity index (χ3v) is 8.65. The molecule has 0 spiro atoms. The minimum atomic E-state index is -3.00. The van der Waals surface area contributed by atoms with Crippen molar-refractivity contribution in [3.8, 4) is 0 Å². The molecule has 0 radical (unpaired) electrons. The second kappa shape index (κ2) is 9.57. The maximum atomic E-state index is 15.1. The zero-order valence-electron chi connectivity index (χ0n) is 21.3. The summed E-state index contributed by atoms with van der Waals surface area (Å²) in [5, 5.41) is 4.69. The Morgan fingerprint density at radius 2 is 1.74 bits per heavy atom. The first-order valence-corrected chi connectivity index (χ1v) is 13.4. The molecule has 2 saturated heterocycles. The first-order valence-electron chi connectivity index (χ1n) is 13.4. The quantitative estimate of drug-likeness (QED) is 0.622. The van der Waals surface area contributed by atoms with E-state index < -0.39 is 24.2 Å². The molecule has 0 bridgehead atoms. The molecule has 196 valence electrons. The van der Waals surface area contributed by atoms with E-state index in [1.165, 1.54) is 0 Å². The molecule has 4 fully saturated rings. The van der Waals surface area contributed by atoms with Crippen LogP contribution in [0, 0.1) is 0 Å². The molecule has 0 N–H and O–H groups in total. The summed E-state index contributed by atoms with van der Waals surface area (Å²) in [4.78, 5) is 23.7. The van der Waals surface area contributed by atoms with Crippen molar-refractivity contribution in [3.63, 3.8) is 0 Å². The number of hydrogen-bond donors (Lipinski definition) is 0. The predicted octanol–water partition coefficient (Wildman–Crippen LogP) is 3.69. The highest BCUT2D eigenvalue weighted by Gasteiger charge is 2.52. The van der Waals surface area contributed by atoms with E-state index in [-0.39, 0.29) is 11.8 Å². The summed E-state index contributed by atoms with van der Waals surface area (Å²) in [5.41, 5.74) is -0.218. The maximum Gasteiger partial charge on any atom is 0.410 e. The molecule has 3 heterocycles. The van der Waals surface area contributed by atoms with Crippen LogP contribution in [0.3, 0.4) is 0 Å². The van der Waals surface area contributed by atoms with E-state index in [4.69, 9.17) is 9.84 Å². The molecule has 5 rings (SSSR count). The Kier molecular flexibility index (Phi) is 6.80. The number of halogens is 2. The molecule has 8 nitrogen and oxygen atoms in total. The number of amides is 1. The Morgan fingerprint density at radius 1 is 1.06 bits per heavy atom. The van der Waals surface area contributed by atoms with Gasteiger partial charge in [-0.15, -0.1) is 0 Å². The van der Waals surface area contributed by atoms with Gasteiger partial charge in [0, 0.05) is 57.1 Å². The van der Waals surface area contributed by atoms with E-state index in [2.05, 4.69) is 35.6 Å². The van der Waals surface area contributed by atoms with Crippen molar-refractivity contribution in [2.24, 2.45) is 0 Å². The Labute approximate surface area is 207 Å². The maximum absolute atomic E-state index is 15.1. The average Bonchev–Trinajstić information content (AvgIpc) is 3.56. The van der Waals surface area contributed by atoms with Crippen LogP contribution in [0.1, 0.15) is 77.6 Å². The van der Waals surface area contributed by atoms with Crippen molar-refractivity contribution >= 4 is 6.09 Å². The number of rotatable bonds is 5. The van der Waals surface area contributed by atoms with Crippen molar-refractivity contribution in [2.45, 2.75) is 101 Å². The van der Waals surface area contributed by atoms with E-state index in [1.807, 2.05) is 11.0 Å². The third kappa shape index (κ3) is 5.19. The van der Waals surface area contributed by atoms with Gasteiger partial charge in [0.1, 0.15) is 6.33 Å². The van der Waals surface area contributed by atoms with Crippen LogP contribution in [0.4, 0.5) is 13.6 Å². The van der Waals surface area contributed by atoms with Crippen LogP contribution in [-0.2, 0) is 10.2 Å². The molecule has 2 unspecified atom stereocenters. The SMILES string of the molecule is CC(C)N1CCN(C2CCCC(F)(F)C2OC(=O)N2CCC(C)(c3ncn(C4CC4)n3)CC2)CC1. The zero-order valence-corrected chi connectivity index (χ0v) is 21.3. The van der Waals surface area contributed by atoms with Gasteiger partial charge in [-0.05, 0) is 52.4 Å².